The molecule has 1 fully saturated rings. The van der Waals surface area contributed by atoms with Crippen molar-refractivity contribution < 1.29 is 4.39 Å². The van der Waals surface area contributed by atoms with E-state index in [0.717, 1.165) is 17.3 Å². The van der Waals surface area contributed by atoms with Gasteiger partial charge in [0.1, 0.15) is 11.6 Å². The van der Waals surface area contributed by atoms with Gasteiger partial charge in [0, 0.05) is 11.5 Å². The van der Waals surface area contributed by atoms with Crippen molar-refractivity contribution in [2.45, 2.75) is 45.4 Å². The SMILES string of the molecule is Cc1cc(-c2n[nH]c(C3CCCC(C)C3)n2)ccc1F. The normalized spacial score (nSPS) is 22.9. The summed E-state index contributed by atoms with van der Waals surface area (Å²) in [6.07, 6.45) is 4.94. The van der Waals surface area contributed by atoms with Crippen molar-refractivity contribution in [3.05, 3.63) is 35.4 Å². The molecule has 0 radical (unpaired) electrons. The zero-order chi connectivity index (χ0) is 14.1. The van der Waals surface area contributed by atoms with Crippen LogP contribution < -0.4 is 0 Å². The molecule has 1 aromatic heterocycles. The van der Waals surface area contributed by atoms with Crippen LogP contribution in [0.4, 0.5) is 4.39 Å². The van der Waals surface area contributed by atoms with E-state index in [2.05, 4.69) is 22.1 Å². The first-order valence-electron chi connectivity index (χ1n) is 7.32. The number of aromatic nitrogens is 3. The monoisotopic (exact) mass is 273 g/mol. The molecule has 4 heteroatoms. The Morgan fingerprint density at radius 3 is 2.90 bits per heavy atom. The molecule has 2 aromatic rings. The van der Waals surface area contributed by atoms with Gasteiger partial charge in [-0.05, 0) is 49.4 Å². The number of H-pyrrole nitrogens is 1. The lowest BCUT2D eigenvalue weighted by Crippen LogP contribution is -2.12. The smallest absolute Gasteiger partial charge is 0.181 e. The number of aromatic amines is 1. The van der Waals surface area contributed by atoms with Crippen molar-refractivity contribution in [3.8, 4) is 11.4 Å². The lowest BCUT2D eigenvalue weighted by molar-refractivity contribution is 0.335. The Bertz CT molecular complexity index is 606. The van der Waals surface area contributed by atoms with Crippen molar-refractivity contribution in [1.29, 1.82) is 0 Å². The van der Waals surface area contributed by atoms with Gasteiger partial charge in [-0.15, -0.1) is 0 Å². The third-order valence-electron chi connectivity index (χ3n) is 4.24. The predicted octanol–water partition coefficient (Wildman–Crippen LogP) is 4.21. The molecule has 0 saturated heterocycles. The molecule has 1 aliphatic rings. The predicted molar refractivity (Wildman–Crippen MR) is 76.9 cm³/mol. The standard InChI is InChI=1S/C16H20FN3/c1-10-4-3-5-12(8-10)15-18-16(20-19-15)13-6-7-14(17)11(2)9-13/h6-7,9-10,12H,3-5,8H2,1-2H3,(H,18,19,20). The molecule has 3 rings (SSSR count). The lowest BCUT2D eigenvalue weighted by atomic mass is 9.82. The molecule has 0 aliphatic heterocycles. The summed E-state index contributed by atoms with van der Waals surface area (Å²) in [6, 6.07) is 5.01. The average Bonchev–Trinajstić information content (AvgIpc) is 2.92. The van der Waals surface area contributed by atoms with Gasteiger partial charge in [-0.1, -0.05) is 19.8 Å². The van der Waals surface area contributed by atoms with Gasteiger partial charge in [0.15, 0.2) is 5.82 Å². The summed E-state index contributed by atoms with van der Waals surface area (Å²) in [6.45, 7) is 4.06. The van der Waals surface area contributed by atoms with E-state index in [4.69, 9.17) is 0 Å². The fourth-order valence-electron chi connectivity index (χ4n) is 3.05. The first-order chi connectivity index (χ1) is 9.63. The molecule has 1 N–H and O–H groups in total. The minimum atomic E-state index is -0.189. The highest BCUT2D eigenvalue weighted by Gasteiger charge is 2.23. The Morgan fingerprint density at radius 1 is 1.30 bits per heavy atom. The van der Waals surface area contributed by atoms with E-state index in [1.54, 1.807) is 19.1 Å². The van der Waals surface area contributed by atoms with Gasteiger partial charge in [-0.3, -0.25) is 5.10 Å². The van der Waals surface area contributed by atoms with Crippen LogP contribution in [-0.2, 0) is 0 Å². The molecule has 0 bridgehead atoms. The first-order valence-corrected chi connectivity index (χ1v) is 7.32. The van der Waals surface area contributed by atoms with Gasteiger partial charge in [-0.25, -0.2) is 9.37 Å². The Kier molecular flexibility index (Phi) is 3.55. The molecule has 20 heavy (non-hydrogen) atoms. The molecule has 1 heterocycles. The third-order valence-corrected chi connectivity index (χ3v) is 4.24. The second kappa shape index (κ2) is 5.35. The molecule has 3 nitrogen and oxygen atoms in total. The zero-order valence-corrected chi connectivity index (χ0v) is 12.0. The topological polar surface area (TPSA) is 41.6 Å². The highest BCUT2D eigenvalue weighted by molar-refractivity contribution is 5.55. The van der Waals surface area contributed by atoms with Crippen LogP contribution in [0.3, 0.4) is 0 Å². The third kappa shape index (κ3) is 2.60. The molecule has 0 spiro atoms. The Labute approximate surface area is 118 Å². The number of halogens is 1. The summed E-state index contributed by atoms with van der Waals surface area (Å²) in [7, 11) is 0. The van der Waals surface area contributed by atoms with Crippen LogP contribution in [0, 0.1) is 18.7 Å². The molecule has 1 aliphatic carbocycles. The quantitative estimate of drug-likeness (QED) is 0.890. The molecule has 0 amide bonds. The lowest BCUT2D eigenvalue weighted by Gasteiger charge is -2.24. The van der Waals surface area contributed by atoms with E-state index >= 15 is 0 Å². The number of hydrogen-bond donors (Lipinski definition) is 1. The van der Waals surface area contributed by atoms with Crippen LogP contribution in [0.2, 0.25) is 0 Å². The van der Waals surface area contributed by atoms with E-state index in [-0.39, 0.29) is 5.82 Å². The van der Waals surface area contributed by atoms with Crippen molar-refractivity contribution >= 4 is 0 Å². The van der Waals surface area contributed by atoms with Gasteiger partial charge in [0.25, 0.3) is 0 Å². The van der Waals surface area contributed by atoms with E-state index < -0.39 is 0 Å². The molecule has 2 atom stereocenters. The van der Waals surface area contributed by atoms with Crippen LogP contribution in [-0.4, -0.2) is 15.2 Å². The van der Waals surface area contributed by atoms with E-state index in [9.17, 15) is 4.39 Å². The number of aryl methyl sites for hydroxylation is 1. The minimum absolute atomic E-state index is 0.189. The van der Waals surface area contributed by atoms with Gasteiger partial charge in [0.05, 0.1) is 0 Å². The van der Waals surface area contributed by atoms with Gasteiger partial charge in [0.2, 0.25) is 0 Å². The van der Waals surface area contributed by atoms with Crippen molar-refractivity contribution in [1.82, 2.24) is 15.2 Å². The number of nitrogens with zero attached hydrogens (tertiary/aromatic N) is 2. The summed E-state index contributed by atoms with van der Waals surface area (Å²) in [5.41, 5.74) is 1.50. The number of nitrogens with one attached hydrogen (secondary N) is 1. The minimum Gasteiger partial charge on any atom is -0.262 e. The molecular weight excluding hydrogens is 253 g/mol. The zero-order valence-electron chi connectivity index (χ0n) is 12.0. The fraction of sp³-hybridized carbons (Fsp3) is 0.500. The van der Waals surface area contributed by atoms with Gasteiger partial charge < -0.3 is 0 Å². The highest BCUT2D eigenvalue weighted by atomic mass is 19.1. The maximum Gasteiger partial charge on any atom is 0.181 e. The van der Waals surface area contributed by atoms with Crippen molar-refractivity contribution in [3.63, 3.8) is 0 Å². The maximum atomic E-state index is 13.3. The van der Waals surface area contributed by atoms with E-state index in [0.29, 0.717) is 17.3 Å². The van der Waals surface area contributed by atoms with Gasteiger partial charge in [-0.2, -0.15) is 5.10 Å². The Hall–Kier alpha value is -1.71. The van der Waals surface area contributed by atoms with Crippen LogP contribution in [0.5, 0.6) is 0 Å². The molecule has 1 aromatic carbocycles. The molecule has 2 unspecified atom stereocenters. The van der Waals surface area contributed by atoms with Crippen LogP contribution in [0.1, 0.15) is 49.9 Å². The van der Waals surface area contributed by atoms with Crippen LogP contribution >= 0.6 is 0 Å². The summed E-state index contributed by atoms with van der Waals surface area (Å²) in [5, 5.41) is 7.37. The van der Waals surface area contributed by atoms with Gasteiger partial charge >= 0.3 is 0 Å². The molecular formula is C16H20FN3. The summed E-state index contributed by atoms with van der Waals surface area (Å²) in [5.74, 6) is 2.71. The fourth-order valence-corrected chi connectivity index (χ4v) is 3.05. The van der Waals surface area contributed by atoms with E-state index in [1.807, 2.05) is 0 Å². The maximum absolute atomic E-state index is 13.3. The Morgan fingerprint density at radius 2 is 2.15 bits per heavy atom. The summed E-state index contributed by atoms with van der Waals surface area (Å²) >= 11 is 0. The first kappa shape index (κ1) is 13.3. The second-order valence-electron chi connectivity index (χ2n) is 5.98. The average molecular weight is 273 g/mol. The van der Waals surface area contributed by atoms with Crippen LogP contribution in [0.25, 0.3) is 11.4 Å². The largest absolute Gasteiger partial charge is 0.262 e. The highest BCUT2D eigenvalue weighted by Crippen LogP contribution is 2.34. The van der Waals surface area contributed by atoms with Crippen LogP contribution in [0.15, 0.2) is 18.2 Å². The Balaban J connectivity index is 1.84. The molecule has 1 saturated carbocycles. The number of rotatable bonds is 2. The van der Waals surface area contributed by atoms with Crippen molar-refractivity contribution in [2.75, 3.05) is 0 Å². The summed E-state index contributed by atoms with van der Waals surface area (Å²) < 4.78 is 13.3. The molecule has 106 valence electrons. The number of hydrogen-bond acceptors (Lipinski definition) is 2. The van der Waals surface area contributed by atoms with Crippen molar-refractivity contribution in [2.24, 2.45) is 5.92 Å². The summed E-state index contributed by atoms with van der Waals surface area (Å²) in [4.78, 5) is 4.62. The number of benzene rings is 1. The second-order valence-corrected chi connectivity index (χ2v) is 5.98. The van der Waals surface area contributed by atoms with E-state index in [1.165, 1.54) is 31.7 Å².